The molecule has 0 unspecified atom stereocenters. The van der Waals surface area contributed by atoms with Crippen LogP contribution < -0.4 is 0 Å². The molecule has 1 fully saturated rings. The smallest absolute Gasteiger partial charge is 0.141 e. The number of benzene rings is 1. The molecule has 0 atom stereocenters. The fourth-order valence-electron chi connectivity index (χ4n) is 4.32. The maximum absolute atomic E-state index is 11.8. The molecule has 144 valence electrons. The standard InChI is InChI=1S/C22H29N3O2/c1-11(2)22(26,12(3)4)17-9-16(19-13(5)25-27-14(19)6)10-18-20(17)24-21(23-18)15-7-8-15/h9-12,15,26H,7-8H2,1-6H3,(H,23,24). The Balaban J connectivity index is 2.03. The van der Waals surface area contributed by atoms with E-state index in [-0.39, 0.29) is 11.8 Å². The second kappa shape index (κ2) is 6.20. The molecule has 0 amide bonds. The minimum absolute atomic E-state index is 0.0571. The third-order valence-electron chi connectivity index (χ3n) is 6.08. The maximum atomic E-state index is 11.8. The van der Waals surface area contributed by atoms with Crippen molar-refractivity contribution in [3.05, 3.63) is 35.0 Å². The first-order chi connectivity index (χ1) is 12.7. The molecule has 2 N–H and O–H groups in total. The topological polar surface area (TPSA) is 74.9 Å². The Bertz CT molecular complexity index is 965. The zero-order valence-electron chi connectivity index (χ0n) is 17.1. The number of aryl methyl sites for hydroxylation is 2. The maximum Gasteiger partial charge on any atom is 0.141 e. The molecule has 4 rings (SSSR count). The Hall–Kier alpha value is -2.14. The number of aromatic nitrogens is 3. The van der Waals surface area contributed by atoms with Gasteiger partial charge in [-0.3, -0.25) is 0 Å². The first kappa shape index (κ1) is 18.2. The van der Waals surface area contributed by atoms with E-state index in [1.54, 1.807) is 0 Å². The van der Waals surface area contributed by atoms with Crippen molar-refractivity contribution in [2.75, 3.05) is 0 Å². The first-order valence-corrected chi connectivity index (χ1v) is 9.93. The van der Waals surface area contributed by atoms with Crippen LogP contribution >= 0.6 is 0 Å². The zero-order valence-corrected chi connectivity index (χ0v) is 17.1. The van der Waals surface area contributed by atoms with Crippen molar-refractivity contribution in [2.24, 2.45) is 11.8 Å². The Kier molecular flexibility index (Phi) is 4.18. The van der Waals surface area contributed by atoms with Gasteiger partial charge in [-0.2, -0.15) is 0 Å². The molecular formula is C22H29N3O2. The summed E-state index contributed by atoms with van der Waals surface area (Å²) in [4.78, 5) is 8.43. The third-order valence-corrected chi connectivity index (χ3v) is 6.08. The van der Waals surface area contributed by atoms with Gasteiger partial charge in [0.15, 0.2) is 0 Å². The van der Waals surface area contributed by atoms with E-state index in [4.69, 9.17) is 9.51 Å². The largest absolute Gasteiger partial charge is 0.385 e. The number of fused-ring (bicyclic) bond motifs is 1. The highest BCUT2D eigenvalue weighted by Crippen LogP contribution is 2.44. The van der Waals surface area contributed by atoms with Gasteiger partial charge >= 0.3 is 0 Å². The average Bonchev–Trinajstić information content (AvgIpc) is 3.29. The molecule has 27 heavy (non-hydrogen) atoms. The molecule has 2 aromatic heterocycles. The van der Waals surface area contributed by atoms with E-state index in [9.17, 15) is 5.11 Å². The number of rotatable bonds is 5. The monoisotopic (exact) mass is 367 g/mol. The summed E-state index contributed by atoms with van der Waals surface area (Å²) in [5, 5.41) is 15.9. The van der Waals surface area contributed by atoms with Crippen LogP contribution in [0.15, 0.2) is 16.7 Å². The Morgan fingerprint density at radius 2 is 1.81 bits per heavy atom. The average molecular weight is 367 g/mol. The van der Waals surface area contributed by atoms with E-state index in [0.29, 0.717) is 5.92 Å². The number of aliphatic hydroxyl groups is 1. The van der Waals surface area contributed by atoms with Crippen LogP contribution in [0.1, 0.15) is 69.3 Å². The van der Waals surface area contributed by atoms with Gasteiger partial charge in [0.1, 0.15) is 11.6 Å². The SMILES string of the molecule is Cc1noc(C)c1-c1cc(C(O)(C(C)C)C(C)C)c2nc(C3CC3)[nH]c2c1. The van der Waals surface area contributed by atoms with E-state index in [1.807, 2.05) is 13.8 Å². The van der Waals surface area contributed by atoms with Crippen molar-refractivity contribution < 1.29 is 9.63 Å². The molecular weight excluding hydrogens is 338 g/mol. The van der Waals surface area contributed by atoms with Crippen LogP contribution in [0, 0.1) is 25.7 Å². The van der Waals surface area contributed by atoms with Gasteiger partial charge in [0.25, 0.3) is 0 Å². The lowest BCUT2D eigenvalue weighted by atomic mass is 9.74. The number of imidazole rings is 1. The van der Waals surface area contributed by atoms with E-state index in [2.05, 4.69) is 50.0 Å². The fraction of sp³-hybridized carbons (Fsp3) is 0.545. The van der Waals surface area contributed by atoms with Gasteiger partial charge in [-0.25, -0.2) is 4.98 Å². The first-order valence-electron chi connectivity index (χ1n) is 9.93. The van der Waals surface area contributed by atoms with Crippen molar-refractivity contribution in [3.8, 4) is 11.1 Å². The predicted octanol–water partition coefficient (Wildman–Crippen LogP) is 5.21. The van der Waals surface area contributed by atoms with Gasteiger partial charge in [-0.05, 0) is 56.2 Å². The van der Waals surface area contributed by atoms with Crippen LogP contribution in [0.5, 0.6) is 0 Å². The Labute approximate surface area is 160 Å². The van der Waals surface area contributed by atoms with Crippen LogP contribution in [0.25, 0.3) is 22.2 Å². The van der Waals surface area contributed by atoms with Crippen LogP contribution in [0.3, 0.4) is 0 Å². The molecule has 1 aliphatic carbocycles. The molecule has 0 aliphatic heterocycles. The predicted molar refractivity (Wildman–Crippen MR) is 107 cm³/mol. The van der Waals surface area contributed by atoms with Crippen molar-refractivity contribution in [1.82, 2.24) is 15.1 Å². The summed E-state index contributed by atoms with van der Waals surface area (Å²) in [6, 6.07) is 4.21. The van der Waals surface area contributed by atoms with E-state index >= 15 is 0 Å². The second-order valence-corrected chi connectivity index (χ2v) is 8.65. The van der Waals surface area contributed by atoms with Crippen molar-refractivity contribution in [3.63, 3.8) is 0 Å². The summed E-state index contributed by atoms with van der Waals surface area (Å²) in [6.07, 6.45) is 2.37. The number of hydrogen-bond acceptors (Lipinski definition) is 4. The van der Waals surface area contributed by atoms with E-state index in [1.165, 1.54) is 12.8 Å². The quantitative estimate of drug-likeness (QED) is 0.649. The molecule has 2 heterocycles. The highest BCUT2D eigenvalue weighted by atomic mass is 16.5. The molecule has 0 bridgehead atoms. The second-order valence-electron chi connectivity index (χ2n) is 8.65. The van der Waals surface area contributed by atoms with Gasteiger partial charge in [0, 0.05) is 17.0 Å². The van der Waals surface area contributed by atoms with Gasteiger partial charge in [-0.15, -0.1) is 0 Å². The molecule has 1 aromatic carbocycles. The molecule has 1 saturated carbocycles. The third kappa shape index (κ3) is 2.80. The summed E-state index contributed by atoms with van der Waals surface area (Å²) < 4.78 is 5.40. The molecule has 1 aliphatic rings. The molecule has 0 spiro atoms. The number of hydrogen-bond donors (Lipinski definition) is 2. The summed E-state index contributed by atoms with van der Waals surface area (Å²) >= 11 is 0. The number of aromatic amines is 1. The van der Waals surface area contributed by atoms with Crippen molar-refractivity contribution >= 4 is 11.0 Å². The lowest BCUT2D eigenvalue weighted by Gasteiger charge is -2.37. The Morgan fingerprint density at radius 3 is 2.33 bits per heavy atom. The molecule has 0 radical (unpaired) electrons. The molecule has 0 saturated heterocycles. The van der Waals surface area contributed by atoms with Crippen LogP contribution in [-0.4, -0.2) is 20.2 Å². The summed E-state index contributed by atoms with van der Waals surface area (Å²) in [6.45, 7) is 12.2. The number of nitrogens with zero attached hydrogens (tertiary/aromatic N) is 2. The summed E-state index contributed by atoms with van der Waals surface area (Å²) in [7, 11) is 0. The van der Waals surface area contributed by atoms with Gasteiger partial charge in [-0.1, -0.05) is 32.9 Å². The molecule has 5 heteroatoms. The summed E-state index contributed by atoms with van der Waals surface area (Å²) in [5.74, 6) is 2.47. The number of nitrogens with one attached hydrogen (secondary N) is 1. The van der Waals surface area contributed by atoms with Gasteiger partial charge in [0.2, 0.25) is 0 Å². The zero-order chi connectivity index (χ0) is 19.5. The number of H-pyrrole nitrogens is 1. The van der Waals surface area contributed by atoms with Crippen LogP contribution in [0.2, 0.25) is 0 Å². The van der Waals surface area contributed by atoms with Gasteiger partial charge in [0.05, 0.1) is 22.3 Å². The van der Waals surface area contributed by atoms with Crippen molar-refractivity contribution in [2.45, 2.75) is 65.9 Å². The minimum atomic E-state index is -0.969. The highest BCUT2D eigenvalue weighted by molar-refractivity contribution is 5.87. The van der Waals surface area contributed by atoms with E-state index in [0.717, 1.165) is 45.0 Å². The highest BCUT2D eigenvalue weighted by Gasteiger charge is 2.40. The summed E-state index contributed by atoms with van der Waals surface area (Å²) in [5.41, 5.74) is 4.65. The fourth-order valence-corrected chi connectivity index (χ4v) is 4.32. The van der Waals surface area contributed by atoms with Crippen LogP contribution in [0.4, 0.5) is 0 Å². The van der Waals surface area contributed by atoms with Gasteiger partial charge < -0.3 is 14.6 Å². The van der Waals surface area contributed by atoms with Crippen molar-refractivity contribution in [1.29, 1.82) is 0 Å². The molecule has 5 nitrogen and oxygen atoms in total. The lowest BCUT2D eigenvalue weighted by Crippen LogP contribution is -2.38. The Morgan fingerprint density at radius 1 is 1.15 bits per heavy atom. The minimum Gasteiger partial charge on any atom is -0.385 e. The van der Waals surface area contributed by atoms with E-state index < -0.39 is 5.60 Å². The lowest BCUT2D eigenvalue weighted by molar-refractivity contribution is -0.0519. The van der Waals surface area contributed by atoms with Crippen LogP contribution in [-0.2, 0) is 5.60 Å². The molecule has 3 aromatic rings. The normalized spacial score (nSPS) is 15.4.